The normalized spacial score (nSPS) is 13.9. The van der Waals surface area contributed by atoms with Crippen molar-refractivity contribution in [3.05, 3.63) is 24.4 Å². The van der Waals surface area contributed by atoms with Crippen molar-refractivity contribution in [1.29, 1.82) is 0 Å². The summed E-state index contributed by atoms with van der Waals surface area (Å²) in [7, 11) is 0. The molecule has 1 nitrogen and oxygen atoms in total. The molecule has 0 aliphatic heterocycles. The van der Waals surface area contributed by atoms with E-state index in [0.29, 0.717) is 0 Å². The van der Waals surface area contributed by atoms with Crippen molar-refractivity contribution < 1.29 is 0 Å². The molecule has 0 aliphatic carbocycles. The van der Waals surface area contributed by atoms with Gasteiger partial charge in [-0.1, -0.05) is 0 Å². The zero-order valence-corrected chi connectivity index (χ0v) is 15.1. The summed E-state index contributed by atoms with van der Waals surface area (Å²) in [6.45, 7) is 6.78. The van der Waals surface area contributed by atoms with Crippen LogP contribution in [0.1, 0.15) is 59.3 Å². The first kappa shape index (κ1) is 17.9. The van der Waals surface area contributed by atoms with Crippen LogP contribution in [0.3, 0.4) is 0 Å². The average molecular weight is 316 g/mol. The van der Waals surface area contributed by atoms with Crippen molar-refractivity contribution in [3.63, 3.8) is 0 Å². The number of halogens is 1. The molecular weight excluding hydrogens is 285 g/mol. The van der Waals surface area contributed by atoms with Crippen molar-refractivity contribution in [2.24, 2.45) is 0 Å². The zero-order chi connectivity index (χ0) is 14.9. The van der Waals surface area contributed by atoms with Crippen LogP contribution in [0.5, 0.6) is 0 Å². The summed E-state index contributed by atoms with van der Waals surface area (Å²) in [4.78, 5) is 4.71. The van der Waals surface area contributed by atoms with Gasteiger partial charge in [-0.25, -0.2) is 0 Å². The molecule has 116 valence electrons. The number of rotatable bonds is 10. The molecule has 0 spiro atoms. The number of pyridine rings is 1. The number of hydrogen-bond donors (Lipinski definition) is 0. The predicted molar refractivity (Wildman–Crippen MR) is 96.0 cm³/mol. The molecule has 1 aromatic rings. The molecule has 0 amide bonds. The van der Waals surface area contributed by atoms with Crippen molar-refractivity contribution in [3.8, 4) is 0 Å². The van der Waals surface area contributed by atoms with Gasteiger partial charge < -0.3 is 0 Å². The van der Waals surface area contributed by atoms with Gasteiger partial charge in [-0.3, -0.25) is 0 Å². The molecule has 0 bridgehead atoms. The summed E-state index contributed by atoms with van der Waals surface area (Å²) in [5.74, 6) is -2.36. The Kier molecular flexibility index (Phi) is 7.48. The van der Waals surface area contributed by atoms with Gasteiger partial charge in [0.25, 0.3) is 0 Å². The van der Waals surface area contributed by atoms with E-state index in [0.717, 1.165) is 0 Å². The van der Waals surface area contributed by atoms with Crippen LogP contribution in [0.2, 0.25) is 0 Å². The second kappa shape index (κ2) is 8.35. The van der Waals surface area contributed by atoms with Crippen LogP contribution < -0.4 is 5.44 Å². The minimum absolute atomic E-state index is 1.17. The Balaban J connectivity index is 3.16. The second-order valence-corrected chi connectivity index (χ2v) is 13.6. The Labute approximate surface area is 130 Å². The summed E-state index contributed by atoms with van der Waals surface area (Å²) in [6, 6.07) is 6.29. The summed E-state index contributed by atoms with van der Waals surface area (Å²) in [5, 5.41) is 0. The van der Waals surface area contributed by atoms with E-state index >= 15 is 0 Å². The maximum absolute atomic E-state index is 7.53. The molecule has 0 unspecified atom stereocenters. The Morgan fingerprint density at radius 3 is 1.75 bits per heavy atom. The average Bonchev–Trinajstić information content (AvgIpc) is 2.50. The van der Waals surface area contributed by atoms with E-state index in [1.54, 1.807) is 0 Å². The molecular formula is C17H31ClNP. The fraction of sp³-hybridized carbons (Fsp3) is 0.706. The molecule has 0 atom stereocenters. The second-order valence-electron chi connectivity index (χ2n) is 6.01. The van der Waals surface area contributed by atoms with Gasteiger partial charge in [0.1, 0.15) is 0 Å². The van der Waals surface area contributed by atoms with Gasteiger partial charge in [-0.15, -0.1) is 0 Å². The Morgan fingerprint density at radius 2 is 1.40 bits per heavy atom. The van der Waals surface area contributed by atoms with Crippen LogP contribution in [-0.2, 0) is 0 Å². The Bertz CT molecular complexity index is 355. The maximum atomic E-state index is 7.53. The Morgan fingerprint density at radius 1 is 0.900 bits per heavy atom. The van der Waals surface area contributed by atoms with E-state index in [9.17, 15) is 0 Å². The molecule has 20 heavy (non-hydrogen) atoms. The third-order valence-electron chi connectivity index (χ3n) is 4.29. The van der Waals surface area contributed by atoms with Gasteiger partial charge in [0.15, 0.2) is 0 Å². The summed E-state index contributed by atoms with van der Waals surface area (Å²) < 4.78 is 0. The molecule has 1 heterocycles. The third-order valence-corrected chi connectivity index (χ3v) is 11.8. The monoisotopic (exact) mass is 315 g/mol. The quantitative estimate of drug-likeness (QED) is 0.496. The fourth-order valence-corrected chi connectivity index (χ4v) is 9.60. The predicted octanol–water partition coefficient (Wildman–Crippen LogP) is 5.81. The SMILES string of the molecule is CCCCP(Cl)(CCCC)(CCCC)c1ccccn1. The number of unbranched alkanes of at least 4 members (excludes halogenated alkanes) is 3. The number of aromatic nitrogens is 1. The van der Waals surface area contributed by atoms with Gasteiger partial charge in [-0.05, 0) is 0 Å². The van der Waals surface area contributed by atoms with Crippen LogP contribution in [0.25, 0.3) is 0 Å². The standard InChI is InChI=1S/C17H31ClNP/c1-4-7-14-20(18,15-8-5-2,16-9-6-3)17-12-10-11-13-19-17/h10-13H,4-9,14-16H2,1-3H3. The van der Waals surface area contributed by atoms with Crippen LogP contribution in [0, 0.1) is 0 Å². The van der Waals surface area contributed by atoms with Crippen LogP contribution >= 0.6 is 17.2 Å². The van der Waals surface area contributed by atoms with Gasteiger partial charge in [0, 0.05) is 0 Å². The first-order chi connectivity index (χ1) is 9.59. The molecule has 3 heteroatoms. The fourth-order valence-electron chi connectivity index (χ4n) is 2.93. The number of nitrogens with zero attached hydrogens (tertiary/aromatic N) is 1. The molecule has 1 rings (SSSR count). The van der Waals surface area contributed by atoms with Gasteiger partial charge in [-0.2, -0.15) is 0 Å². The van der Waals surface area contributed by atoms with E-state index in [-0.39, 0.29) is 0 Å². The first-order valence-electron chi connectivity index (χ1n) is 8.23. The van der Waals surface area contributed by atoms with Crippen LogP contribution in [-0.4, -0.2) is 23.5 Å². The third kappa shape index (κ3) is 4.43. The van der Waals surface area contributed by atoms with Crippen molar-refractivity contribution in [2.75, 3.05) is 18.5 Å². The summed E-state index contributed by atoms with van der Waals surface area (Å²) >= 11 is 7.53. The van der Waals surface area contributed by atoms with Gasteiger partial charge in [0.2, 0.25) is 0 Å². The first-order valence-corrected chi connectivity index (χ1v) is 11.9. The molecule has 0 radical (unpaired) electrons. The molecule has 0 aliphatic rings. The molecule has 0 N–H and O–H groups in total. The number of hydrogen-bond acceptors (Lipinski definition) is 1. The molecule has 0 saturated heterocycles. The van der Waals surface area contributed by atoms with E-state index in [1.807, 2.05) is 12.3 Å². The van der Waals surface area contributed by atoms with E-state index < -0.39 is 5.96 Å². The minimum atomic E-state index is -2.36. The Hall–Kier alpha value is -0.130. The van der Waals surface area contributed by atoms with Crippen molar-refractivity contribution in [1.82, 2.24) is 4.98 Å². The van der Waals surface area contributed by atoms with Gasteiger partial charge >= 0.3 is 130 Å². The zero-order valence-electron chi connectivity index (χ0n) is 13.4. The summed E-state index contributed by atoms with van der Waals surface area (Å²) in [5.41, 5.74) is 1.22. The van der Waals surface area contributed by atoms with Gasteiger partial charge in [0.05, 0.1) is 0 Å². The summed E-state index contributed by atoms with van der Waals surface area (Å²) in [6.07, 6.45) is 12.8. The van der Waals surface area contributed by atoms with E-state index in [1.165, 1.54) is 62.4 Å². The van der Waals surface area contributed by atoms with E-state index in [4.69, 9.17) is 16.2 Å². The van der Waals surface area contributed by atoms with E-state index in [2.05, 4.69) is 32.9 Å². The molecule has 0 fully saturated rings. The molecule has 0 saturated carbocycles. The molecule has 1 aromatic heterocycles. The topological polar surface area (TPSA) is 12.9 Å². The van der Waals surface area contributed by atoms with Crippen molar-refractivity contribution in [2.45, 2.75) is 59.3 Å². The van der Waals surface area contributed by atoms with Crippen LogP contribution in [0.4, 0.5) is 0 Å². The molecule has 0 aromatic carbocycles. The van der Waals surface area contributed by atoms with Crippen molar-refractivity contribution >= 4 is 22.6 Å². The van der Waals surface area contributed by atoms with Crippen LogP contribution in [0.15, 0.2) is 24.4 Å².